The van der Waals surface area contributed by atoms with Crippen molar-refractivity contribution < 1.29 is 28.3 Å². The van der Waals surface area contributed by atoms with E-state index in [2.05, 4.69) is 17.1 Å². The summed E-state index contributed by atoms with van der Waals surface area (Å²) >= 11 is 0. The molecular weight excluding hydrogens is 635 g/mol. The second kappa shape index (κ2) is 23.3. The lowest BCUT2D eigenvalue weighted by molar-refractivity contribution is -0.155. The van der Waals surface area contributed by atoms with Crippen molar-refractivity contribution in [1.82, 2.24) is 15.2 Å². The fraction of sp³-hybridized carbons (Fsp3) is 0.575. The van der Waals surface area contributed by atoms with Gasteiger partial charge in [0.2, 0.25) is 11.8 Å². The number of ether oxygens (including phenoxy) is 1. The van der Waals surface area contributed by atoms with Gasteiger partial charge in [-0.15, -0.1) is 0 Å². The van der Waals surface area contributed by atoms with Gasteiger partial charge in [0, 0.05) is 68.7 Å². The number of rotatable bonds is 15. The van der Waals surface area contributed by atoms with Gasteiger partial charge in [0.1, 0.15) is 5.60 Å². The average Bonchev–Trinajstić information content (AvgIpc) is 3.21. The molecule has 0 bridgehead atoms. The minimum atomic E-state index is -0.446. The number of nitrogens with zero attached hydrogens (tertiary/aromatic N) is 3. The van der Waals surface area contributed by atoms with Gasteiger partial charge in [-0.05, 0) is 71.6 Å². The van der Waals surface area contributed by atoms with Crippen LogP contribution in [0.5, 0.6) is 0 Å². The van der Waals surface area contributed by atoms with Crippen LogP contribution >= 0.6 is 0 Å². The van der Waals surface area contributed by atoms with Gasteiger partial charge in [0.05, 0.1) is 5.83 Å². The quantitative estimate of drug-likeness (QED) is 0.0804. The highest BCUT2D eigenvalue weighted by molar-refractivity contribution is 6.03. The highest BCUT2D eigenvalue weighted by Gasteiger charge is 2.25. The first kappa shape index (κ1) is 43.9. The molecular formula is C40H61FN4O5. The largest absolute Gasteiger partial charge is 0.460 e. The van der Waals surface area contributed by atoms with Crippen LogP contribution in [0.2, 0.25) is 0 Å². The van der Waals surface area contributed by atoms with Crippen molar-refractivity contribution in [2.24, 2.45) is 5.10 Å². The second-order valence-electron chi connectivity index (χ2n) is 13.3. The van der Waals surface area contributed by atoms with Gasteiger partial charge < -0.3 is 14.5 Å². The van der Waals surface area contributed by atoms with E-state index in [0.29, 0.717) is 74.3 Å². The summed E-state index contributed by atoms with van der Waals surface area (Å²) in [6.45, 7) is 20.1. The normalized spacial score (nSPS) is 17.8. The van der Waals surface area contributed by atoms with Gasteiger partial charge in [-0.3, -0.25) is 19.2 Å². The van der Waals surface area contributed by atoms with E-state index >= 15 is 0 Å². The van der Waals surface area contributed by atoms with Gasteiger partial charge in [-0.1, -0.05) is 76.5 Å². The molecule has 1 fully saturated rings. The number of piperazine rings is 1. The van der Waals surface area contributed by atoms with E-state index in [1.807, 2.05) is 39.5 Å². The zero-order valence-corrected chi connectivity index (χ0v) is 31.8. The third kappa shape index (κ3) is 17.0. The molecule has 50 heavy (non-hydrogen) atoms. The molecule has 0 aliphatic carbocycles. The van der Waals surface area contributed by atoms with Crippen molar-refractivity contribution >= 4 is 29.4 Å². The smallest absolute Gasteiger partial charge is 0.306 e. The third-order valence-electron chi connectivity index (χ3n) is 7.94. The number of carbonyl (C=O) groups excluding carboxylic acids is 4. The number of halogens is 1. The van der Waals surface area contributed by atoms with Crippen molar-refractivity contribution in [3.05, 3.63) is 71.2 Å². The predicted octanol–water partition coefficient (Wildman–Crippen LogP) is 8.22. The minimum Gasteiger partial charge on any atom is -0.460 e. The molecule has 10 heteroatoms. The van der Waals surface area contributed by atoms with Crippen LogP contribution in [0.3, 0.4) is 0 Å². The van der Waals surface area contributed by atoms with Crippen molar-refractivity contribution in [3.8, 4) is 0 Å². The molecule has 3 amide bonds. The lowest BCUT2D eigenvalue weighted by atomic mass is 9.95. The molecule has 2 aliphatic rings. The first-order valence-electron chi connectivity index (χ1n) is 18.1. The van der Waals surface area contributed by atoms with E-state index in [0.717, 1.165) is 44.1 Å². The summed E-state index contributed by atoms with van der Waals surface area (Å²) in [7, 11) is 0. The first-order valence-corrected chi connectivity index (χ1v) is 18.1. The number of carbonyl (C=O) groups is 4. The Hall–Kier alpha value is -4.08. The lowest BCUT2D eigenvalue weighted by Crippen LogP contribution is -2.50. The number of hydrogen-bond donors (Lipinski definition) is 1. The molecule has 1 N–H and O–H groups in total. The molecule has 2 rings (SSSR count). The van der Waals surface area contributed by atoms with E-state index in [4.69, 9.17) is 4.74 Å². The number of allylic oxidation sites excluding steroid dienone is 8. The summed E-state index contributed by atoms with van der Waals surface area (Å²) in [5, 5.41) is 4.30. The SMILES string of the molecule is C=C/C=C1/CC(CC(=C/C=C(\C)F)/C=C(\C)C(=O)N2CCN(C(=O)CCCCCCCCC(=O)OC(C)(C)C)CC2)=NNC(=O)/C1=C/C.CC. The van der Waals surface area contributed by atoms with Crippen LogP contribution in [0, 0.1) is 0 Å². The van der Waals surface area contributed by atoms with Crippen LogP contribution in [0.15, 0.2) is 76.3 Å². The van der Waals surface area contributed by atoms with Crippen molar-refractivity contribution in [1.29, 1.82) is 0 Å². The molecule has 0 radical (unpaired) electrons. The Morgan fingerprint density at radius 2 is 1.52 bits per heavy atom. The average molecular weight is 697 g/mol. The fourth-order valence-corrected chi connectivity index (χ4v) is 5.57. The number of nitrogens with one attached hydrogen (secondary N) is 1. The topological polar surface area (TPSA) is 108 Å². The summed E-state index contributed by atoms with van der Waals surface area (Å²) < 4.78 is 19.0. The first-order chi connectivity index (χ1) is 23.7. The third-order valence-corrected chi connectivity index (χ3v) is 7.94. The summed E-state index contributed by atoms with van der Waals surface area (Å²) in [4.78, 5) is 54.1. The fourth-order valence-electron chi connectivity index (χ4n) is 5.57. The van der Waals surface area contributed by atoms with E-state index in [1.54, 1.807) is 49.1 Å². The van der Waals surface area contributed by atoms with Gasteiger partial charge in [-0.25, -0.2) is 9.82 Å². The monoisotopic (exact) mass is 696 g/mol. The lowest BCUT2D eigenvalue weighted by Gasteiger charge is -2.35. The summed E-state index contributed by atoms with van der Waals surface area (Å²) in [5.74, 6) is -0.865. The number of amides is 3. The van der Waals surface area contributed by atoms with E-state index in [-0.39, 0.29) is 29.5 Å². The summed E-state index contributed by atoms with van der Waals surface area (Å²) in [5.41, 5.74) is 5.24. The molecule has 278 valence electrons. The van der Waals surface area contributed by atoms with E-state index in [1.165, 1.54) is 13.0 Å². The maximum Gasteiger partial charge on any atom is 0.306 e. The molecule has 9 nitrogen and oxygen atoms in total. The van der Waals surface area contributed by atoms with Crippen molar-refractivity contribution in [2.75, 3.05) is 26.2 Å². The molecule has 0 atom stereocenters. The number of hydrazone groups is 1. The number of unbranched alkanes of at least 4 members (excludes halogenated alkanes) is 5. The highest BCUT2D eigenvalue weighted by Crippen LogP contribution is 2.23. The Balaban J connectivity index is 0.00000613. The summed E-state index contributed by atoms with van der Waals surface area (Å²) in [6.07, 6.45) is 17.1. The zero-order chi connectivity index (χ0) is 37.7. The number of hydrogen-bond acceptors (Lipinski definition) is 6. The van der Waals surface area contributed by atoms with Gasteiger partial charge in [0.25, 0.3) is 5.91 Å². The summed E-state index contributed by atoms with van der Waals surface area (Å²) in [6, 6.07) is 0. The zero-order valence-electron chi connectivity index (χ0n) is 31.8. The molecule has 0 saturated carbocycles. The molecule has 0 spiro atoms. The van der Waals surface area contributed by atoms with Crippen LogP contribution in [0.25, 0.3) is 0 Å². The van der Waals surface area contributed by atoms with Crippen LogP contribution in [-0.2, 0) is 23.9 Å². The Bertz CT molecular complexity index is 1350. The van der Waals surface area contributed by atoms with Crippen LogP contribution in [0.1, 0.15) is 120 Å². The van der Waals surface area contributed by atoms with Crippen molar-refractivity contribution in [3.63, 3.8) is 0 Å². The Labute approximate surface area is 300 Å². The standard InChI is InChI=1S/C38H55FN4O5.C2H6/c1-8-16-31-27-32(40-41-36(46)33(31)9-2)26-30(20-19-29(4)39)25-28(3)37(47)43-23-21-42(22-24-43)34(44)17-14-12-10-11-13-15-18-35(45)48-38(5,6)7;1-2/h8-9,16,19-20,25H,1,10-15,17-18,21-24,26-27H2,2-7H3,(H,41,46);1-2H3/b28-25+,29-19+,30-20+,31-16-,33-9+;. The molecule has 2 heterocycles. The second-order valence-corrected chi connectivity index (χ2v) is 13.3. The molecule has 0 aromatic heterocycles. The van der Waals surface area contributed by atoms with Gasteiger partial charge in [-0.2, -0.15) is 5.10 Å². The molecule has 0 aromatic rings. The highest BCUT2D eigenvalue weighted by atomic mass is 19.1. The maximum absolute atomic E-state index is 13.7. The van der Waals surface area contributed by atoms with Gasteiger partial charge in [0.15, 0.2) is 0 Å². The molecule has 2 aliphatic heterocycles. The molecule has 0 unspecified atom stereocenters. The Morgan fingerprint density at radius 1 is 0.940 bits per heavy atom. The minimum absolute atomic E-state index is 0.111. The van der Waals surface area contributed by atoms with Gasteiger partial charge >= 0.3 is 5.97 Å². The Kier molecular flexibility index (Phi) is 20.5. The Morgan fingerprint density at radius 3 is 2.08 bits per heavy atom. The van der Waals surface area contributed by atoms with E-state index in [9.17, 15) is 23.6 Å². The number of esters is 1. The van der Waals surface area contributed by atoms with Crippen molar-refractivity contribution in [2.45, 2.75) is 125 Å². The predicted molar refractivity (Wildman–Crippen MR) is 201 cm³/mol. The maximum atomic E-state index is 13.7. The van der Waals surface area contributed by atoms with Crippen LogP contribution in [0.4, 0.5) is 4.39 Å². The van der Waals surface area contributed by atoms with Crippen LogP contribution in [-0.4, -0.2) is 71.0 Å². The molecule has 1 saturated heterocycles. The van der Waals surface area contributed by atoms with E-state index < -0.39 is 5.60 Å². The van der Waals surface area contributed by atoms with Crippen LogP contribution < -0.4 is 5.43 Å². The molecule has 0 aromatic carbocycles.